The van der Waals surface area contributed by atoms with Gasteiger partial charge in [-0.3, -0.25) is 4.98 Å². The van der Waals surface area contributed by atoms with E-state index in [1.165, 1.54) is 0 Å². The number of hydrogen-bond donors (Lipinski definition) is 0. The zero-order chi connectivity index (χ0) is 10.3. The van der Waals surface area contributed by atoms with Gasteiger partial charge in [-0.15, -0.1) is 0 Å². The maximum absolute atomic E-state index is 4.50. The third-order valence-electron chi connectivity index (χ3n) is 2.46. The molecule has 3 heteroatoms. The van der Waals surface area contributed by atoms with Gasteiger partial charge in [0.25, 0.3) is 0 Å². The molecule has 2 heterocycles. The number of hydrogen-bond acceptors (Lipinski definition) is 3. The van der Waals surface area contributed by atoms with Crippen LogP contribution in [0.25, 0.3) is 21.8 Å². The van der Waals surface area contributed by atoms with Gasteiger partial charge in [-0.25, -0.2) is 0 Å². The van der Waals surface area contributed by atoms with Crippen LogP contribution in [0.2, 0.25) is 0 Å². The fourth-order valence-electron chi connectivity index (χ4n) is 1.81. The predicted octanol–water partition coefficient (Wildman–Crippen LogP) is 2.49. The van der Waals surface area contributed by atoms with Gasteiger partial charge in [-0.2, -0.15) is 10.2 Å². The summed E-state index contributed by atoms with van der Waals surface area (Å²) in [5.41, 5.74) is 2.93. The minimum atomic E-state index is 0.880. The highest BCUT2D eigenvalue weighted by molar-refractivity contribution is 6.03. The standard InChI is InChI=1S/C12H9N3/c1-8-7-9-4-5-11-10(12(9)14-8)3-2-6-13-15-11/h2-7H,1H3. The third-order valence-corrected chi connectivity index (χ3v) is 2.46. The number of nitrogens with zero attached hydrogens (tertiary/aromatic N) is 3. The van der Waals surface area contributed by atoms with Gasteiger partial charge in [0.05, 0.1) is 11.0 Å². The van der Waals surface area contributed by atoms with Crippen molar-refractivity contribution in [3.63, 3.8) is 0 Å². The van der Waals surface area contributed by atoms with E-state index in [1.807, 2.05) is 31.2 Å². The first-order valence-electron chi connectivity index (χ1n) is 4.82. The van der Waals surface area contributed by atoms with Crippen molar-refractivity contribution in [1.29, 1.82) is 0 Å². The molecule has 0 saturated carbocycles. The summed E-state index contributed by atoms with van der Waals surface area (Å²) in [6.45, 7) is 2.00. The number of fused-ring (bicyclic) bond motifs is 3. The number of aromatic nitrogens is 3. The van der Waals surface area contributed by atoms with Crippen LogP contribution in [0.4, 0.5) is 0 Å². The highest BCUT2D eigenvalue weighted by atomic mass is 15.1. The molecular weight excluding hydrogens is 186 g/mol. The smallest absolute Gasteiger partial charge is 0.0951 e. The van der Waals surface area contributed by atoms with Crippen molar-refractivity contribution >= 4 is 21.8 Å². The van der Waals surface area contributed by atoms with Gasteiger partial charge in [0.2, 0.25) is 0 Å². The normalized spacial score (nSPS) is 11.0. The predicted molar refractivity (Wildman–Crippen MR) is 59.6 cm³/mol. The van der Waals surface area contributed by atoms with Crippen molar-refractivity contribution in [2.24, 2.45) is 0 Å². The topological polar surface area (TPSA) is 38.7 Å². The first-order chi connectivity index (χ1) is 7.34. The largest absolute Gasteiger partial charge is 0.252 e. The molecule has 0 radical (unpaired) electrons. The summed E-state index contributed by atoms with van der Waals surface area (Å²) >= 11 is 0. The monoisotopic (exact) mass is 195 g/mol. The zero-order valence-corrected chi connectivity index (χ0v) is 8.31. The quantitative estimate of drug-likeness (QED) is 0.553. The molecule has 0 aliphatic rings. The van der Waals surface area contributed by atoms with Crippen LogP contribution in [-0.4, -0.2) is 15.2 Å². The Morgan fingerprint density at radius 1 is 1.13 bits per heavy atom. The molecule has 1 aromatic carbocycles. The van der Waals surface area contributed by atoms with Gasteiger partial charge < -0.3 is 0 Å². The van der Waals surface area contributed by atoms with Crippen LogP contribution >= 0.6 is 0 Å². The molecule has 0 saturated heterocycles. The maximum atomic E-state index is 4.50. The summed E-state index contributed by atoms with van der Waals surface area (Å²) in [5, 5.41) is 10.2. The fraction of sp³-hybridized carbons (Fsp3) is 0.0833. The Bertz CT molecular complexity index is 646. The summed E-state index contributed by atoms with van der Waals surface area (Å²) in [4.78, 5) is 4.50. The van der Waals surface area contributed by atoms with Crippen LogP contribution in [0.15, 0.2) is 36.5 Å². The second-order valence-corrected chi connectivity index (χ2v) is 3.56. The van der Waals surface area contributed by atoms with Gasteiger partial charge in [-0.05, 0) is 31.2 Å². The molecule has 0 amide bonds. The van der Waals surface area contributed by atoms with Crippen LogP contribution in [0.1, 0.15) is 5.69 Å². The molecule has 0 fully saturated rings. The molecule has 0 unspecified atom stereocenters. The van der Waals surface area contributed by atoms with Crippen molar-refractivity contribution in [2.45, 2.75) is 6.92 Å². The molecule has 0 atom stereocenters. The van der Waals surface area contributed by atoms with Crippen LogP contribution in [0.3, 0.4) is 0 Å². The molecular formula is C12H9N3. The number of rotatable bonds is 0. The highest BCUT2D eigenvalue weighted by Crippen LogP contribution is 2.22. The molecule has 0 bridgehead atoms. The van der Waals surface area contributed by atoms with E-state index in [0.717, 1.165) is 27.5 Å². The lowest BCUT2D eigenvalue weighted by atomic mass is 10.2. The van der Waals surface area contributed by atoms with Crippen molar-refractivity contribution in [3.05, 3.63) is 42.2 Å². The van der Waals surface area contributed by atoms with Crippen molar-refractivity contribution in [2.75, 3.05) is 0 Å². The Morgan fingerprint density at radius 2 is 2.07 bits per heavy atom. The van der Waals surface area contributed by atoms with E-state index in [1.54, 1.807) is 6.20 Å². The molecule has 3 nitrogen and oxygen atoms in total. The molecule has 0 aliphatic heterocycles. The minimum absolute atomic E-state index is 0.880. The van der Waals surface area contributed by atoms with E-state index in [0.29, 0.717) is 0 Å². The van der Waals surface area contributed by atoms with E-state index in [9.17, 15) is 0 Å². The summed E-state index contributed by atoms with van der Waals surface area (Å²) in [5.74, 6) is 0. The molecule has 15 heavy (non-hydrogen) atoms. The second kappa shape index (κ2) is 2.98. The molecule has 0 N–H and O–H groups in total. The average Bonchev–Trinajstić information content (AvgIpc) is 2.48. The first kappa shape index (κ1) is 8.29. The van der Waals surface area contributed by atoms with Crippen molar-refractivity contribution in [3.8, 4) is 0 Å². The molecule has 0 spiro atoms. The van der Waals surface area contributed by atoms with E-state index < -0.39 is 0 Å². The van der Waals surface area contributed by atoms with Crippen molar-refractivity contribution < 1.29 is 0 Å². The fourth-order valence-corrected chi connectivity index (χ4v) is 1.81. The Hall–Kier alpha value is -2.03. The highest BCUT2D eigenvalue weighted by Gasteiger charge is 2.03. The van der Waals surface area contributed by atoms with E-state index in [2.05, 4.69) is 21.2 Å². The Morgan fingerprint density at radius 3 is 3.00 bits per heavy atom. The minimum Gasteiger partial charge on any atom is -0.252 e. The SMILES string of the molecule is Cc1cc2ccc3nncccc3c2n1. The van der Waals surface area contributed by atoms with Crippen LogP contribution < -0.4 is 0 Å². The molecule has 3 rings (SSSR count). The Balaban J connectivity index is 2.60. The molecule has 2 aromatic heterocycles. The average molecular weight is 195 g/mol. The van der Waals surface area contributed by atoms with Crippen LogP contribution in [0.5, 0.6) is 0 Å². The third kappa shape index (κ3) is 1.24. The number of benzene rings is 1. The molecule has 0 aliphatic carbocycles. The lowest BCUT2D eigenvalue weighted by Crippen LogP contribution is -1.76. The Kier molecular flexibility index (Phi) is 1.65. The summed E-state index contributed by atoms with van der Waals surface area (Å²) < 4.78 is 0. The van der Waals surface area contributed by atoms with E-state index in [-0.39, 0.29) is 0 Å². The van der Waals surface area contributed by atoms with Crippen LogP contribution in [0, 0.1) is 6.92 Å². The molecule has 72 valence electrons. The van der Waals surface area contributed by atoms with E-state index in [4.69, 9.17) is 0 Å². The summed E-state index contributed by atoms with van der Waals surface area (Å²) in [6, 6.07) is 9.98. The van der Waals surface area contributed by atoms with Gasteiger partial charge in [0.15, 0.2) is 0 Å². The Labute approximate surface area is 86.8 Å². The summed E-state index contributed by atoms with van der Waals surface area (Å²) in [7, 11) is 0. The van der Waals surface area contributed by atoms with E-state index >= 15 is 0 Å². The van der Waals surface area contributed by atoms with Gasteiger partial charge >= 0.3 is 0 Å². The maximum Gasteiger partial charge on any atom is 0.0951 e. The lowest BCUT2D eigenvalue weighted by molar-refractivity contribution is 1.09. The molecule has 3 aromatic rings. The van der Waals surface area contributed by atoms with Gasteiger partial charge in [-0.1, -0.05) is 6.07 Å². The number of aryl methyl sites for hydroxylation is 1. The van der Waals surface area contributed by atoms with Gasteiger partial charge in [0.1, 0.15) is 0 Å². The summed E-state index contributed by atoms with van der Waals surface area (Å²) in [6.07, 6.45) is 1.68. The first-order valence-corrected chi connectivity index (χ1v) is 4.82. The zero-order valence-electron chi connectivity index (χ0n) is 8.31. The second-order valence-electron chi connectivity index (χ2n) is 3.56. The van der Waals surface area contributed by atoms with Crippen molar-refractivity contribution in [1.82, 2.24) is 15.2 Å². The van der Waals surface area contributed by atoms with Gasteiger partial charge in [0, 0.05) is 22.7 Å². The van der Waals surface area contributed by atoms with Crippen LogP contribution in [-0.2, 0) is 0 Å². The lowest BCUT2D eigenvalue weighted by Gasteiger charge is -1.92.